The summed E-state index contributed by atoms with van der Waals surface area (Å²) in [6, 6.07) is 4.47. The molecule has 14 heteroatoms. The van der Waals surface area contributed by atoms with Crippen LogP contribution in [0.5, 0.6) is 0 Å². The van der Waals surface area contributed by atoms with Gasteiger partial charge in [0.05, 0.1) is 11.4 Å². The Morgan fingerprint density at radius 1 is 1.43 bits per heavy atom. The number of fused-ring (bicyclic) bond motifs is 1. The lowest BCUT2D eigenvalue weighted by Gasteiger charge is -2.17. The second-order valence-electron chi connectivity index (χ2n) is 5.32. The Hall–Kier alpha value is -3.65. The summed E-state index contributed by atoms with van der Waals surface area (Å²) in [5, 5.41) is 9.87. The quantitative estimate of drug-likeness (QED) is 0.367. The van der Waals surface area contributed by atoms with Gasteiger partial charge in [-0.3, -0.25) is 13.8 Å². The van der Waals surface area contributed by atoms with Crippen LogP contribution in [0, 0.1) is 0 Å². The zero-order valence-corrected chi connectivity index (χ0v) is 15.0. The number of carbonyl (C=O) groups excluding carboxylic acids is 2. The third kappa shape index (κ3) is 3.72. The number of nitrogens with one attached hydrogen (secondary N) is 2. The van der Waals surface area contributed by atoms with Crippen LogP contribution in [-0.4, -0.2) is 45.5 Å². The van der Waals surface area contributed by atoms with Gasteiger partial charge in [-0.25, -0.2) is 14.2 Å². The fourth-order valence-electron chi connectivity index (χ4n) is 2.38. The van der Waals surface area contributed by atoms with Crippen molar-refractivity contribution in [1.82, 2.24) is 24.4 Å². The van der Waals surface area contributed by atoms with Gasteiger partial charge in [-0.1, -0.05) is 17.3 Å². The molecule has 0 aliphatic heterocycles. The Kier molecular flexibility index (Phi) is 5.42. The summed E-state index contributed by atoms with van der Waals surface area (Å²) in [7, 11) is 1.39. The van der Waals surface area contributed by atoms with Crippen molar-refractivity contribution < 1.29 is 23.1 Å². The minimum Gasteiger partial charge on any atom is -0.755 e. The predicted octanol–water partition coefficient (Wildman–Crippen LogP) is -1.05. The van der Waals surface area contributed by atoms with Gasteiger partial charge in [0.1, 0.15) is 12.9 Å². The zero-order valence-electron chi connectivity index (χ0n) is 14.2. The maximum atomic E-state index is 12.6. The number of aromatic nitrogens is 5. The van der Waals surface area contributed by atoms with Gasteiger partial charge in [0.2, 0.25) is 0 Å². The van der Waals surface area contributed by atoms with Crippen molar-refractivity contribution in [1.29, 1.82) is 0 Å². The maximum Gasteiger partial charge on any atom is 0.352 e. The molecular weight excluding hydrogens is 394 g/mol. The van der Waals surface area contributed by atoms with Crippen molar-refractivity contribution in [3.05, 3.63) is 46.3 Å². The largest absolute Gasteiger partial charge is 0.755 e. The highest BCUT2D eigenvalue weighted by Gasteiger charge is 2.19. The first-order valence-corrected chi connectivity index (χ1v) is 8.61. The molecule has 3 rings (SSSR count). The Morgan fingerprint density at radius 3 is 2.93 bits per heavy atom. The van der Waals surface area contributed by atoms with E-state index in [0.29, 0.717) is 5.56 Å². The van der Waals surface area contributed by atoms with Crippen molar-refractivity contribution in [3.63, 3.8) is 0 Å². The molecule has 0 fully saturated rings. The van der Waals surface area contributed by atoms with Crippen molar-refractivity contribution >= 4 is 40.7 Å². The van der Waals surface area contributed by atoms with Gasteiger partial charge in [0.25, 0.3) is 12.4 Å². The molecule has 2 heterocycles. The molecular formula is C14H12N7O6S-. The molecule has 0 saturated carbocycles. The molecule has 13 nitrogen and oxygen atoms in total. The normalized spacial score (nSPS) is 11.8. The Morgan fingerprint density at radius 2 is 2.21 bits per heavy atom. The highest BCUT2D eigenvalue weighted by Crippen LogP contribution is 2.28. The molecule has 1 atom stereocenters. The van der Waals surface area contributed by atoms with E-state index in [0.717, 1.165) is 15.4 Å². The Bertz CT molecular complexity index is 1140. The summed E-state index contributed by atoms with van der Waals surface area (Å²) >= 11 is -2.70. The molecule has 3 aromatic rings. The fraction of sp³-hybridized carbons (Fsp3) is 0.143. The molecule has 146 valence electrons. The maximum absolute atomic E-state index is 12.6. The van der Waals surface area contributed by atoms with E-state index in [1.165, 1.54) is 25.2 Å². The molecule has 0 aliphatic rings. The lowest BCUT2D eigenvalue weighted by atomic mass is 10.1. The molecule has 2 aromatic heterocycles. The van der Waals surface area contributed by atoms with Gasteiger partial charge in [-0.15, -0.1) is 5.10 Å². The summed E-state index contributed by atoms with van der Waals surface area (Å²) in [5.74, 6) is -0.752. The summed E-state index contributed by atoms with van der Waals surface area (Å²) < 4.78 is 31.0. The van der Waals surface area contributed by atoms with Crippen molar-refractivity contribution in [2.75, 3.05) is 10.0 Å². The van der Waals surface area contributed by atoms with Crippen molar-refractivity contribution in [2.45, 2.75) is 6.61 Å². The highest BCUT2D eigenvalue weighted by molar-refractivity contribution is 7.80. The number of rotatable bonds is 7. The SMILES string of the molecule is Cn1nnc2c(C(=O)Nc3cccc(COC=O)c3NS(=O)[O-])ncn2c1=O. The summed E-state index contributed by atoms with van der Waals surface area (Å²) in [6.45, 7) is -0.0126. The second-order valence-corrected chi connectivity index (χ2v) is 5.99. The third-order valence-corrected chi connectivity index (χ3v) is 3.98. The number of aryl methyl sites for hydroxylation is 1. The minimum atomic E-state index is -2.70. The monoisotopic (exact) mass is 406 g/mol. The molecule has 0 spiro atoms. The molecule has 0 saturated heterocycles. The van der Waals surface area contributed by atoms with Crippen LogP contribution in [0.15, 0.2) is 29.3 Å². The summed E-state index contributed by atoms with van der Waals surface area (Å²) in [6.07, 6.45) is 1.13. The molecule has 1 aromatic carbocycles. The molecule has 28 heavy (non-hydrogen) atoms. The van der Waals surface area contributed by atoms with Crippen LogP contribution >= 0.6 is 0 Å². The molecule has 1 unspecified atom stereocenters. The van der Waals surface area contributed by atoms with Crippen LogP contribution in [0.3, 0.4) is 0 Å². The lowest BCUT2D eigenvalue weighted by molar-refractivity contribution is -0.129. The highest BCUT2D eigenvalue weighted by atomic mass is 32.2. The first-order valence-electron chi connectivity index (χ1n) is 7.54. The zero-order chi connectivity index (χ0) is 20.3. The van der Waals surface area contributed by atoms with Gasteiger partial charge in [0, 0.05) is 23.9 Å². The van der Waals surface area contributed by atoms with E-state index in [2.05, 4.69) is 30.1 Å². The smallest absolute Gasteiger partial charge is 0.352 e. The summed E-state index contributed by atoms with van der Waals surface area (Å²) in [5.41, 5.74) is -0.404. The first-order chi connectivity index (χ1) is 13.4. The Labute approximate surface area is 158 Å². The van der Waals surface area contributed by atoms with E-state index in [-0.39, 0.29) is 35.8 Å². The van der Waals surface area contributed by atoms with Gasteiger partial charge < -0.3 is 19.3 Å². The average Bonchev–Trinajstić information content (AvgIpc) is 3.09. The fourth-order valence-corrected chi connectivity index (χ4v) is 2.78. The Balaban J connectivity index is 1.98. The van der Waals surface area contributed by atoms with Crippen molar-refractivity contribution in [2.24, 2.45) is 7.05 Å². The van der Waals surface area contributed by atoms with E-state index in [4.69, 9.17) is 0 Å². The number of imidazole rings is 1. The van der Waals surface area contributed by atoms with Crippen LogP contribution in [0.4, 0.5) is 11.4 Å². The van der Waals surface area contributed by atoms with Gasteiger partial charge in [-0.2, -0.15) is 4.68 Å². The van der Waals surface area contributed by atoms with Crippen LogP contribution in [0.1, 0.15) is 16.1 Å². The number of ether oxygens (including phenoxy) is 1. The number of nitrogens with zero attached hydrogens (tertiary/aromatic N) is 5. The van der Waals surface area contributed by atoms with E-state index in [1.54, 1.807) is 0 Å². The van der Waals surface area contributed by atoms with Gasteiger partial charge in [-0.05, 0) is 6.07 Å². The number of carbonyl (C=O) groups is 2. The van der Waals surface area contributed by atoms with Gasteiger partial charge in [0.15, 0.2) is 11.3 Å². The van der Waals surface area contributed by atoms with E-state index in [1.807, 2.05) is 0 Å². The third-order valence-electron chi connectivity index (χ3n) is 3.61. The number of hydrogen-bond acceptors (Lipinski definition) is 9. The van der Waals surface area contributed by atoms with E-state index >= 15 is 0 Å². The van der Waals surface area contributed by atoms with Crippen LogP contribution in [-0.2, 0) is 34.5 Å². The van der Waals surface area contributed by atoms with E-state index < -0.39 is 22.9 Å². The van der Waals surface area contributed by atoms with E-state index in [9.17, 15) is 23.1 Å². The van der Waals surface area contributed by atoms with Crippen LogP contribution < -0.4 is 15.7 Å². The molecule has 0 aliphatic carbocycles. The minimum absolute atomic E-state index is 0.0107. The number of amides is 1. The van der Waals surface area contributed by atoms with Gasteiger partial charge >= 0.3 is 5.69 Å². The molecule has 1 amide bonds. The number of hydrogen-bond donors (Lipinski definition) is 2. The molecule has 0 bridgehead atoms. The standard InChI is InChI=1S/C14H13N7O6S/c1-20-14(24)21-6-15-11(12(21)17-19-20)13(23)16-9-4-2-3-8(5-27-7-22)10(9)18-28(25)26/h2-4,6-7,18H,5H2,1H3,(H,16,23)(H,25,26)/p-1. The topological polar surface area (TPSA) is 173 Å². The van der Waals surface area contributed by atoms with Crippen molar-refractivity contribution in [3.8, 4) is 0 Å². The number of benzene rings is 1. The molecule has 2 N–H and O–H groups in total. The van der Waals surface area contributed by atoms with Crippen LogP contribution in [0.2, 0.25) is 0 Å². The van der Waals surface area contributed by atoms with Crippen LogP contribution in [0.25, 0.3) is 5.65 Å². The summed E-state index contributed by atoms with van der Waals surface area (Å²) in [4.78, 5) is 38.9. The second kappa shape index (κ2) is 7.93. The number of para-hydroxylation sites is 1. The number of anilines is 2. The predicted molar refractivity (Wildman–Crippen MR) is 93.8 cm³/mol. The molecule has 0 radical (unpaired) electrons. The average molecular weight is 406 g/mol. The lowest BCUT2D eigenvalue weighted by Crippen LogP contribution is -2.27. The first kappa shape index (κ1) is 19.1.